The molecule has 0 fully saturated rings. The number of benzene rings is 4. The van der Waals surface area contributed by atoms with Gasteiger partial charge in [-0.3, -0.25) is 14.2 Å². The van der Waals surface area contributed by atoms with E-state index >= 15 is 4.39 Å². The number of alkyl halides is 3. The van der Waals surface area contributed by atoms with Gasteiger partial charge in [0, 0.05) is 29.5 Å². The SMILES string of the molecule is CCCCc1nn(-c2cc(C(=O)CCC)ccc2C(F)(F)F)c(=O)n1Cc1ccc(-c2ccccc2S(=O)(=O)NC(=O)c2cc(F)ccc2F)cc1F. The van der Waals surface area contributed by atoms with Crippen molar-refractivity contribution < 1.29 is 44.3 Å². The molecule has 0 radical (unpaired) electrons. The molecule has 0 unspecified atom stereocenters. The molecule has 0 aliphatic rings. The molecule has 5 rings (SSSR count). The minimum atomic E-state index is -4.90. The molecule has 53 heavy (non-hydrogen) atoms. The number of unbranched alkanes of at least 4 members (excludes halogenated alkanes) is 1. The fourth-order valence-corrected chi connectivity index (χ4v) is 6.82. The van der Waals surface area contributed by atoms with Gasteiger partial charge in [-0.25, -0.2) is 31.1 Å². The van der Waals surface area contributed by atoms with E-state index < -0.39 is 79.3 Å². The second-order valence-electron chi connectivity index (χ2n) is 12.1. The van der Waals surface area contributed by atoms with Gasteiger partial charge in [0.25, 0.3) is 15.9 Å². The highest BCUT2D eigenvalue weighted by Gasteiger charge is 2.36. The van der Waals surface area contributed by atoms with Gasteiger partial charge in [0.05, 0.1) is 28.3 Å². The van der Waals surface area contributed by atoms with Crippen molar-refractivity contribution in [2.24, 2.45) is 0 Å². The molecule has 0 saturated carbocycles. The molecule has 278 valence electrons. The van der Waals surface area contributed by atoms with E-state index in [1.165, 1.54) is 30.3 Å². The van der Waals surface area contributed by atoms with Crippen LogP contribution in [0.4, 0.5) is 26.3 Å². The number of amides is 1. The Morgan fingerprint density at radius 3 is 2.28 bits per heavy atom. The molecule has 0 bridgehead atoms. The molecule has 0 saturated heterocycles. The fourth-order valence-electron chi connectivity index (χ4n) is 5.62. The summed E-state index contributed by atoms with van der Waals surface area (Å²) in [6.45, 7) is 3.13. The molecule has 1 amide bonds. The van der Waals surface area contributed by atoms with Crippen LogP contribution in [0.3, 0.4) is 0 Å². The monoisotopic (exact) mass is 758 g/mol. The second-order valence-corrected chi connectivity index (χ2v) is 13.7. The van der Waals surface area contributed by atoms with E-state index in [0.717, 1.165) is 41.0 Å². The molecule has 4 aromatic carbocycles. The number of Topliss-reactive ketones (excluding diaryl/α,β-unsaturated/α-hetero) is 1. The van der Waals surface area contributed by atoms with Gasteiger partial charge < -0.3 is 0 Å². The molecular formula is C37H32F6N4O5S. The molecule has 5 aromatic rings. The minimum Gasteiger partial charge on any atom is -0.294 e. The van der Waals surface area contributed by atoms with E-state index in [4.69, 9.17) is 0 Å². The first kappa shape index (κ1) is 38.7. The Morgan fingerprint density at radius 1 is 0.868 bits per heavy atom. The Hall–Kier alpha value is -5.51. The van der Waals surface area contributed by atoms with Gasteiger partial charge in [0.2, 0.25) is 0 Å². The third-order valence-corrected chi connectivity index (χ3v) is 9.68. The van der Waals surface area contributed by atoms with Crippen LogP contribution in [0.15, 0.2) is 88.6 Å². The quantitative estimate of drug-likeness (QED) is 0.0975. The van der Waals surface area contributed by atoms with E-state index in [0.29, 0.717) is 36.1 Å². The number of ketones is 1. The van der Waals surface area contributed by atoms with Crippen molar-refractivity contribution in [2.45, 2.75) is 63.6 Å². The van der Waals surface area contributed by atoms with Crippen molar-refractivity contribution in [3.8, 4) is 16.8 Å². The van der Waals surface area contributed by atoms with Crippen LogP contribution < -0.4 is 10.4 Å². The highest BCUT2D eigenvalue weighted by molar-refractivity contribution is 7.90. The summed E-state index contributed by atoms with van der Waals surface area (Å²) in [6.07, 6.45) is -3.09. The van der Waals surface area contributed by atoms with Gasteiger partial charge in [-0.15, -0.1) is 5.10 Å². The van der Waals surface area contributed by atoms with E-state index in [9.17, 15) is 44.8 Å². The van der Waals surface area contributed by atoms with Gasteiger partial charge >= 0.3 is 11.9 Å². The molecular weight excluding hydrogens is 726 g/mol. The zero-order valence-electron chi connectivity index (χ0n) is 28.3. The first-order valence-corrected chi connectivity index (χ1v) is 17.9. The van der Waals surface area contributed by atoms with Crippen LogP contribution in [0.5, 0.6) is 0 Å². The molecule has 1 N–H and O–H groups in total. The van der Waals surface area contributed by atoms with E-state index in [2.05, 4.69) is 5.10 Å². The van der Waals surface area contributed by atoms with Gasteiger partial charge in [-0.1, -0.05) is 56.7 Å². The van der Waals surface area contributed by atoms with Crippen molar-refractivity contribution in [2.75, 3.05) is 0 Å². The maximum atomic E-state index is 15.8. The average Bonchev–Trinajstić information content (AvgIpc) is 3.42. The minimum absolute atomic E-state index is 0.0224. The Labute approximate surface area is 299 Å². The number of hydrogen-bond donors (Lipinski definition) is 1. The summed E-state index contributed by atoms with van der Waals surface area (Å²) < 4.78 is 116. The smallest absolute Gasteiger partial charge is 0.294 e. The lowest BCUT2D eigenvalue weighted by Gasteiger charge is -2.14. The molecule has 0 aliphatic heterocycles. The summed E-state index contributed by atoms with van der Waals surface area (Å²) in [7, 11) is -4.73. The second kappa shape index (κ2) is 15.6. The van der Waals surface area contributed by atoms with E-state index in [-0.39, 0.29) is 40.9 Å². The van der Waals surface area contributed by atoms with Crippen LogP contribution in [-0.4, -0.2) is 34.5 Å². The van der Waals surface area contributed by atoms with Gasteiger partial charge in [-0.2, -0.15) is 17.9 Å². The normalized spacial score (nSPS) is 11.8. The number of aryl methyl sites for hydroxylation is 1. The van der Waals surface area contributed by atoms with Crippen molar-refractivity contribution in [1.82, 2.24) is 19.1 Å². The Bertz CT molecular complexity index is 2370. The highest BCUT2D eigenvalue weighted by Crippen LogP contribution is 2.34. The summed E-state index contributed by atoms with van der Waals surface area (Å²) >= 11 is 0. The summed E-state index contributed by atoms with van der Waals surface area (Å²) in [5.74, 6) is -4.84. The van der Waals surface area contributed by atoms with Crippen molar-refractivity contribution >= 4 is 21.7 Å². The standard InChI is InChI=1S/C37H32F6N4O5S/c1-3-5-11-34-44-47(31-19-23(32(48)8-4-2)14-16-28(31)37(41,42)43)36(50)46(34)21-24-13-12-22(18-30(24)40)26-9-6-7-10-33(26)53(51,52)45-35(49)27-20-25(38)15-17-29(27)39/h6-7,9-10,12-20H,3-5,8,11,21H2,1-2H3,(H,45,49). The van der Waals surface area contributed by atoms with Crippen LogP contribution in [-0.2, 0) is 29.2 Å². The number of carbonyl (C=O) groups excluding carboxylic acids is 2. The summed E-state index contributed by atoms with van der Waals surface area (Å²) in [4.78, 5) is 38.5. The number of aromatic nitrogens is 3. The molecule has 16 heteroatoms. The van der Waals surface area contributed by atoms with Crippen LogP contribution >= 0.6 is 0 Å². The predicted octanol–water partition coefficient (Wildman–Crippen LogP) is 7.63. The molecule has 1 aromatic heterocycles. The third-order valence-electron chi connectivity index (χ3n) is 8.29. The number of rotatable bonds is 13. The predicted molar refractivity (Wildman–Crippen MR) is 183 cm³/mol. The molecule has 9 nitrogen and oxygen atoms in total. The van der Waals surface area contributed by atoms with Gasteiger partial charge in [-0.05, 0) is 60.9 Å². The summed E-state index contributed by atoms with van der Waals surface area (Å²) in [6, 6.07) is 13.5. The maximum Gasteiger partial charge on any atom is 0.418 e. The first-order valence-electron chi connectivity index (χ1n) is 16.4. The zero-order valence-corrected chi connectivity index (χ0v) is 29.1. The molecule has 0 spiro atoms. The molecule has 0 aliphatic carbocycles. The number of hydrogen-bond acceptors (Lipinski definition) is 6. The Balaban J connectivity index is 1.52. The fraction of sp³-hybridized carbons (Fsp3) is 0.243. The third kappa shape index (κ3) is 8.43. The topological polar surface area (TPSA) is 120 Å². The maximum absolute atomic E-state index is 15.8. The summed E-state index contributed by atoms with van der Waals surface area (Å²) in [5, 5.41) is 4.21. The van der Waals surface area contributed by atoms with Crippen LogP contribution in [0, 0.1) is 17.5 Å². The van der Waals surface area contributed by atoms with Crippen molar-refractivity contribution in [1.29, 1.82) is 0 Å². The highest BCUT2D eigenvalue weighted by atomic mass is 32.2. The van der Waals surface area contributed by atoms with Crippen LogP contribution in [0.1, 0.15) is 77.2 Å². The lowest BCUT2D eigenvalue weighted by molar-refractivity contribution is -0.137. The average molecular weight is 759 g/mol. The van der Waals surface area contributed by atoms with E-state index in [1.54, 1.807) is 11.6 Å². The number of nitrogens with zero attached hydrogens (tertiary/aromatic N) is 3. The summed E-state index contributed by atoms with van der Waals surface area (Å²) in [5.41, 5.74) is -3.87. The first-order chi connectivity index (χ1) is 25.0. The van der Waals surface area contributed by atoms with E-state index in [1.807, 2.05) is 6.92 Å². The Kier molecular flexibility index (Phi) is 11.4. The number of sulfonamides is 1. The zero-order chi connectivity index (χ0) is 38.7. The number of halogens is 6. The van der Waals surface area contributed by atoms with Crippen LogP contribution in [0.25, 0.3) is 16.8 Å². The van der Waals surface area contributed by atoms with Crippen LogP contribution in [0.2, 0.25) is 0 Å². The molecule has 1 heterocycles. The largest absolute Gasteiger partial charge is 0.418 e. The Morgan fingerprint density at radius 2 is 1.60 bits per heavy atom. The van der Waals surface area contributed by atoms with Crippen molar-refractivity contribution in [3.05, 3.63) is 135 Å². The lowest BCUT2D eigenvalue weighted by atomic mass is 10.0. The number of nitrogens with one attached hydrogen (secondary N) is 1. The van der Waals surface area contributed by atoms with Gasteiger partial charge in [0.1, 0.15) is 23.3 Å². The number of carbonyl (C=O) groups is 2. The van der Waals surface area contributed by atoms with Gasteiger partial charge in [0.15, 0.2) is 5.78 Å². The van der Waals surface area contributed by atoms with Crippen molar-refractivity contribution in [3.63, 3.8) is 0 Å². The molecule has 0 atom stereocenters. The lowest BCUT2D eigenvalue weighted by Crippen LogP contribution is -2.31.